The van der Waals surface area contributed by atoms with Crippen molar-refractivity contribution in [2.24, 2.45) is 0 Å². The summed E-state index contributed by atoms with van der Waals surface area (Å²) in [6.07, 6.45) is 0.933. The van der Waals surface area contributed by atoms with E-state index >= 15 is 0 Å². The number of aromatic nitrogens is 2. The Kier molecular flexibility index (Phi) is 4.42. The second kappa shape index (κ2) is 6.30. The summed E-state index contributed by atoms with van der Waals surface area (Å²) in [5.74, 6) is 0.942. The highest BCUT2D eigenvalue weighted by Gasteiger charge is 2.25. The highest BCUT2D eigenvalue weighted by molar-refractivity contribution is 7.97. The van der Waals surface area contributed by atoms with Gasteiger partial charge in [0.1, 0.15) is 6.61 Å². The first-order valence-corrected chi connectivity index (χ1v) is 8.28. The lowest BCUT2D eigenvalue weighted by molar-refractivity contribution is 0.353. The topological polar surface area (TPSA) is 39.1 Å². The van der Waals surface area contributed by atoms with Gasteiger partial charge >= 0.3 is 0 Å². The monoisotopic (exact) mass is 323 g/mol. The van der Waals surface area contributed by atoms with Crippen LogP contribution < -0.4 is 9.46 Å². The van der Waals surface area contributed by atoms with Crippen molar-refractivity contribution in [1.82, 2.24) is 14.5 Å². The van der Waals surface area contributed by atoms with Gasteiger partial charge in [0.25, 0.3) is 0 Å². The smallest absolute Gasteiger partial charge is 0.215 e. The Morgan fingerprint density at radius 3 is 2.90 bits per heavy atom. The molecular weight excluding hydrogens is 306 g/mol. The van der Waals surface area contributed by atoms with Crippen molar-refractivity contribution in [3.63, 3.8) is 0 Å². The molecule has 1 unspecified atom stereocenters. The summed E-state index contributed by atoms with van der Waals surface area (Å²) >= 11 is 7.49. The molecule has 1 atom stereocenters. The van der Waals surface area contributed by atoms with Gasteiger partial charge in [0.2, 0.25) is 5.88 Å². The van der Waals surface area contributed by atoms with Crippen molar-refractivity contribution in [3.8, 4) is 5.88 Å². The van der Waals surface area contributed by atoms with E-state index in [0.717, 1.165) is 41.1 Å². The summed E-state index contributed by atoms with van der Waals surface area (Å²) in [6.45, 7) is 5.85. The largest absolute Gasteiger partial charge is 0.476 e. The van der Waals surface area contributed by atoms with Gasteiger partial charge in [-0.05, 0) is 49.6 Å². The molecule has 1 aliphatic rings. The molecule has 2 aromatic rings. The first kappa shape index (κ1) is 14.8. The average molecular weight is 324 g/mol. The molecule has 0 aliphatic carbocycles. The van der Waals surface area contributed by atoms with Crippen LogP contribution in [0, 0.1) is 0 Å². The fourth-order valence-corrected chi connectivity index (χ4v) is 3.26. The van der Waals surface area contributed by atoms with Gasteiger partial charge in [-0.2, -0.15) is 5.10 Å². The molecule has 112 valence electrons. The summed E-state index contributed by atoms with van der Waals surface area (Å²) in [4.78, 5) is 1.13. The summed E-state index contributed by atoms with van der Waals surface area (Å²) in [6, 6.07) is 7.95. The van der Waals surface area contributed by atoms with Crippen LogP contribution in [0.3, 0.4) is 0 Å². The van der Waals surface area contributed by atoms with E-state index < -0.39 is 0 Å². The van der Waals surface area contributed by atoms with Crippen LogP contribution in [0.25, 0.3) is 0 Å². The number of hydrogen-bond acceptors (Lipinski definition) is 4. The number of halogens is 1. The van der Waals surface area contributed by atoms with Crippen molar-refractivity contribution in [3.05, 3.63) is 40.5 Å². The van der Waals surface area contributed by atoms with Crippen molar-refractivity contribution < 1.29 is 4.74 Å². The molecule has 1 N–H and O–H groups in total. The van der Waals surface area contributed by atoms with Crippen LogP contribution in [0.4, 0.5) is 0 Å². The predicted molar refractivity (Wildman–Crippen MR) is 86.0 cm³/mol. The molecule has 3 rings (SSSR count). The van der Waals surface area contributed by atoms with Gasteiger partial charge in [0.05, 0.1) is 18.3 Å². The lowest BCUT2D eigenvalue weighted by Crippen LogP contribution is -2.13. The second-order valence-corrected chi connectivity index (χ2v) is 6.34. The zero-order chi connectivity index (χ0) is 14.8. The third-order valence-corrected chi connectivity index (χ3v) is 4.73. The van der Waals surface area contributed by atoms with Crippen LogP contribution in [0.2, 0.25) is 5.02 Å². The molecule has 1 aliphatic heterocycles. The van der Waals surface area contributed by atoms with Gasteiger partial charge in [0.15, 0.2) is 0 Å². The molecule has 0 spiro atoms. The highest BCUT2D eigenvalue weighted by atomic mass is 35.5. The molecule has 6 heteroatoms. The minimum atomic E-state index is 0.155. The molecule has 1 aromatic carbocycles. The number of ether oxygens (including phenoxy) is 1. The summed E-state index contributed by atoms with van der Waals surface area (Å²) in [7, 11) is 0. The van der Waals surface area contributed by atoms with Gasteiger partial charge in [-0.1, -0.05) is 18.5 Å². The maximum atomic E-state index is 5.90. The van der Waals surface area contributed by atoms with E-state index in [2.05, 4.69) is 23.7 Å². The quantitative estimate of drug-likeness (QED) is 0.848. The van der Waals surface area contributed by atoms with Gasteiger partial charge in [0, 0.05) is 15.5 Å². The molecule has 0 amide bonds. The molecule has 2 heterocycles. The zero-order valence-corrected chi connectivity index (χ0v) is 13.7. The van der Waals surface area contributed by atoms with Crippen molar-refractivity contribution >= 4 is 23.5 Å². The fraction of sp³-hybridized carbons (Fsp3) is 0.400. The van der Waals surface area contributed by atoms with Crippen LogP contribution in [-0.2, 0) is 13.0 Å². The Balaban J connectivity index is 1.71. The van der Waals surface area contributed by atoms with Crippen molar-refractivity contribution in [1.29, 1.82) is 0 Å². The standard InChI is InChI=1S/C15H18ClN3OS/c1-3-13-14(17-19-8-9-20-15(13)19)10(2)18-21-12-6-4-11(16)5-7-12/h4-7,10,18H,3,8-9H2,1-2H3. The number of fused-ring (bicyclic) bond motifs is 1. The normalized spacial score (nSPS) is 14.8. The summed E-state index contributed by atoms with van der Waals surface area (Å²) in [5, 5.41) is 5.44. The van der Waals surface area contributed by atoms with E-state index in [1.807, 2.05) is 28.9 Å². The number of benzene rings is 1. The zero-order valence-electron chi connectivity index (χ0n) is 12.1. The van der Waals surface area contributed by atoms with E-state index in [0.29, 0.717) is 0 Å². The van der Waals surface area contributed by atoms with Crippen LogP contribution in [0.1, 0.15) is 31.1 Å². The number of rotatable bonds is 5. The van der Waals surface area contributed by atoms with Crippen LogP contribution in [0.5, 0.6) is 5.88 Å². The maximum Gasteiger partial charge on any atom is 0.215 e. The maximum absolute atomic E-state index is 5.90. The molecule has 21 heavy (non-hydrogen) atoms. The van der Waals surface area contributed by atoms with Gasteiger partial charge in [-0.3, -0.25) is 4.72 Å². The van der Waals surface area contributed by atoms with Gasteiger partial charge in [-0.25, -0.2) is 4.68 Å². The minimum absolute atomic E-state index is 0.155. The molecule has 1 aromatic heterocycles. The summed E-state index contributed by atoms with van der Waals surface area (Å²) < 4.78 is 11.1. The van der Waals surface area contributed by atoms with E-state index in [1.165, 1.54) is 5.56 Å². The Morgan fingerprint density at radius 2 is 2.19 bits per heavy atom. The Bertz CT molecular complexity index is 627. The Hall–Kier alpha value is -1.17. The fourth-order valence-electron chi connectivity index (χ4n) is 2.44. The molecule has 0 fully saturated rings. The molecule has 0 saturated heterocycles. The van der Waals surface area contributed by atoms with Crippen molar-refractivity contribution in [2.45, 2.75) is 37.8 Å². The van der Waals surface area contributed by atoms with Crippen LogP contribution >= 0.6 is 23.5 Å². The van der Waals surface area contributed by atoms with E-state index in [4.69, 9.17) is 16.3 Å². The van der Waals surface area contributed by atoms with Crippen molar-refractivity contribution in [2.75, 3.05) is 6.61 Å². The molecule has 0 saturated carbocycles. The second-order valence-electron chi connectivity index (χ2n) is 4.99. The summed E-state index contributed by atoms with van der Waals surface area (Å²) in [5.41, 5.74) is 2.29. The van der Waals surface area contributed by atoms with Gasteiger partial charge < -0.3 is 4.74 Å². The molecular formula is C15H18ClN3OS. The van der Waals surface area contributed by atoms with E-state index in [1.54, 1.807) is 11.9 Å². The number of nitrogens with zero attached hydrogens (tertiary/aromatic N) is 2. The third kappa shape index (κ3) is 3.05. The first-order valence-electron chi connectivity index (χ1n) is 7.09. The Morgan fingerprint density at radius 1 is 1.43 bits per heavy atom. The lowest BCUT2D eigenvalue weighted by Gasteiger charge is -2.13. The van der Waals surface area contributed by atoms with E-state index in [-0.39, 0.29) is 6.04 Å². The van der Waals surface area contributed by atoms with Crippen LogP contribution in [-0.4, -0.2) is 16.4 Å². The third-order valence-electron chi connectivity index (χ3n) is 3.50. The minimum Gasteiger partial charge on any atom is -0.476 e. The predicted octanol–water partition coefficient (Wildman–Crippen LogP) is 3.85. The first-order chi connectivity index (χ1) is 10.2. The van der Waals surface area contributed by atoms with E-state index in [9.17, 15) is 0 Å². The SMILES string of the molecule is CCc1c(C(C)NSc2ccc(Cl)cc2)nn2c1OCC2. The molecule has 0 bridgehead atoms. The lowest BCUT2D eigenvalue weighted by atomic mass is 10.1. The molecule has 0 radical (unpaired) electrons. The number of nitrogens with one attached hydrogen (secondary N) is 1. The number of hydrogen-bond donors (Lipinski definition) is 1. The highest BCUT2D eigenvalue weighted by Crippen LogP contribution is 2.31. The van der Waals surface area contributed by atoms with Gasteiger partial charge in [-0.15, -0.1) is 0 Å². The average Bonchev–Trinajstić information content (AvgIpc) is 3.06. The Labute approximate surface area is 134 Å². The van der Waals surface area contributed by atoms with Crippen LogP contribution in [0.15, 0.2) is 29.2 Å². The molecule has 4 nitrogen and oxygen atoms in total.